The van der Waals surface area contributed by atoms with Crippen LogP contribution >= 0.6 is 15.9 Å². The van der Waals surface area contributed by atoms with Gasteiger partial charge in [-0.05, 0) is 23.6 Å². The summed E-state index contributed by atoms with van der Waals surface area (Å²) in [5.41, 5.74) is 1.90. The molecule has 0 atom stereocenters. The van der Waals surface area contributed by atoms with Crippen LogP contribution in [-0.2, 0) is 5.41 Å². The fourth-order valence-electron chi connectivity index (χ4n) is 1.86. The summed E-state index contributed by atoms with van der Waals surface area (Å²) in [5, 5.41) is 9.52. The topological polar surface area (TPSA) is 29.5 Å². The van der Waals surface area contributed by atoms with E-state index in [2.05, 4.69) is 35.8 Å². The average Bonchev–Trinajstić information content (AvgIpc) is 2.27. The first kappa shape index (κ1) is 14.5. The van der Waals surface area contributed by atoms with Crippen molar-refractivity contribution in [2.75, 3.05) is 13.7 Å². The SMILES string of the molecule is COc1c(C(C)C)cc(Br)cc1C(C)(C)CO. The predicted molar refractivity (Wildman–Crippen MR) is 74.9 cm³/mol. The molecule has 0 spiro atoms. The van der Waals surface area contributed by atoms with Gasteiger partial charge in [0.2, 0.25) is 0 Å². The molecule has 0 unspecified atom stereocenters. The summed E-state index contributed by atoms with van der Waals surface area (Å²) in [7, 11) is 1.69. The number of aliphatic hydroxyl groups is 1. The molecule has 1 aromatic rings. The molecule has 2 nitrogen and oxygen atoms in total. The Labute approximate surface area is 112 Å². The van der Waals surface area contributed by atoms with Crippen LogP contribution in [0.25, 0.3) is 0 Å². The van der Waals surface area contributed by atoms with Crippen LogP contribution in [0.15, 0.2) is 16.6 Å². The number of aliphatic hydroxyl groups excluding tert-OH is 1. The molecule has 1 aromatic carbocycles. The number of hydrogen-bond acceptors (Lipinski definition) is 2. The number of hydrogen-bond donors (Lipinski definition) is 1. The van der Waals surface area contributed by atoms with Gasteiger partial charge in [-0.15, -0.1) is 0 Å². The fourth-order valence-corrected chi connectivity index (χ4v) is 2.33. The standard InChI is InChI=1S/C14H21BrO2/c1-9(2)11-6-10(15)7-12(13(11)17-5)14(3,4)8-16/h6-7,9,16H,8H2,1-5H3. The lowest BCUT2D eigenvalue weighted by Crippen LogP contribution is -2.23. The average molecular weight is 301 g/mol. The van der Waals surface area contributed by atoms with Gasteiger partial charge in [-0.1, -0.05) is 43.6 Å². The minimum absolute atomic E-state index is 0.0946. The van der Waals surface area contributed by atoms with E-state index in [9.17, 15) is 5.11 Å². The molecule has 3 heteroatoms. The maximum atomic E-state index is 9.52. The molecule has 0 aliphatic heterocycles. The van der Waals surface area contributed by atoms with Crippen LogP contribution in [0.3, 0.4) is 0 Å². The zero-order valence-corrected chi connectivity index (χ0v) is 12.8. The van der Waals surface area contributed by atoms with Crippen molar-refractivity contribution in [2.45, 2.75) is 39.0 Å². The van der Waals surface area contributed by atoms with Gasteiger partial charge in [0.1, 0.15) is 5.75 Å². The molecule has 0 saturated carbocycles. The maximum Gasteiger partial charge on any atom is 0.126 e. The Kier molecular flexibility index (Phi) is 4.62. The van der Waals surface area contributed by atoms with Crippen molar-refractivity contribution in [3.63, 3.8) is 0 Å². The van der Waals surface area contributed by atoms with Gasteiger partial charge in [0.05, 0.1) is 13.7 Å². The quantitative estimate of drug-likeness (QED) is 0.915. The second-order valence-electron chi connectivity index (χ2n) is 5.27. The molecular formula is C14H21BrO2. The van der Waals surface area contributed by atoms with Crippen molar-refractivity contribution in [1.29, 1.82) is 0 Å². The Bertz CT molecular complexity index is 397. The van der Waals surface area contributed by atoms with Gasteiger partial charge in [-0.3, -0.25) is 0 Å². The highest BCUT2D eigenvalue weighted by molar-refractivity contribution is 9.10. The monoisotopic (exact) mass is 300 g/mol. The lowest BCUT2D eigenvalue weighted by molar-refractivity contribution is 0.214. The minimum Gasteiger partial charge on any atom is -0.496 e. The number of rotatable bonds is 4. The van der Waals surface area contributed by atoms with E-state index in [1.54, 1.807) is 7.11 Å². The third-order valence-electron chi connectivity index (χ3n) is 3.03. The Morgan fingerprint density at radius 2 is 1.94 bits per heavy atom. The number of benzene rings is 1. The van der Waals surface area contributed by atoms with E-state index in [0.717, 1.165) is 15.8 Å². The van der Waals surface area contributed by atoms with Crippen molar-refractivity contribution < 1.29 is 9.84 Å². The summed E-state index contributed by atoms with van der Waals surface area (Å²) in [6, 6.07) is 4.11. The zero-order valence-electron chi connectivity index (χ0n) is 11.2. The Morgan fingerprint density at radius 1 is 1.35 bits per heavy atom. The lowest BCUT2D eigenvalue weighted by Gasteiger charge is -2.27. The molecule has 0 fully saturated rings. The van der Waals surface area contributed by atoms with Gasteiger partial charge in [-0.2, -0.15) is 0 Å². The molecule has 17 heavy (non-hydrogen) atoms. The Hall–Kier alpha value is -0.540. The van der Waals surface area contributed by atoms with Crippen molar-refractivity contribution in [1.82, 2.24) is 0 Å². The number of halogens is 1. The molecule has 0 aliphatic carbocycles. The van der Waals surface area contributed by atoms with Gasteiger partial charge in [-0.25, -0.2) is 0 Å². The van der Waals surface area contributed by atoms with Gasteiger partial charge in [0.15, 0.2) is 0 Å². The van der Waals surface area contributed by atoms with E-state index in [-0.39, 0.29) is 12.0 Å². The third-order valence-corrected chi connectivity index (χ3v) is 3.49. The van der Waals surface area contributed by atoms with E-state index in [1.807, 2.05) is 19.9 Å². The van der Waals surface area contributed by atoms with E-state index in [4.69, 9.17) is 4.74 Å². The van der Waals surface area contributed by atoms with Gasteiger partial charge in [0.25, 0.3) is 0 Å². The van der Waals surface area contributed by atoms with Crippen LogP contribution in [0.2, 0.25) is 0 Å². The van der Waals surface area contributed by atoms with Gasteiger partial charge in [0, 0.05) is 15.5 Å². The van der Waals surface area contributed by atoms with E-state index >= 15 is 0 Å². The largest absolute Gasteiger partial charge is 0.496 e. The molecule has 0 saturated heterocycles. The fraction of sp³-hybridized carbons (Fsp3) is 0.571. The number of methoxy groups -OCH3 is 1. The summed E-state index contributed by atoms with van der Waals surface area (Å²) in [6.07, 6.45) is 0. The van der Waals surface area contributed by atoms with Crippen molar-refractivity contribution >= 4 is 15.9 Å². The van der Waals surface area contributed by atoms with Crippen LogP contribution in [-0.4, -0.2) is 18.8 Å². The van der Waals surface area contributed by atoms with Crippen LogP contribution in [0, 0.1) is 0 Å². The molecule has 1 N–H and O–H groups in total. The Balaban J connectivity index is 3.49. The molecule has 0 amide bonds. The van der Waals surface area contributed by atoms with Crippen LogP contribution in [0.4, 0.5) is 0 Å². The zero-order chi connectivity index (χ0) is 13.2. The third kappa shape index (κ3) is 3.02. The molecule has 0 aliphatic rings. The van der Waals surface area contributed by atoms with Gasteiger partial charge >= 0.3 is 0 Å². The van der Waals surface area contributed by atoms with Crippen LogP contribution in [0.5, 0.6) is 5.75 Å². The van der Waals surface area contributed by atoms with E-state index in [1.165, 1.54) is 5.56 Å². The molecule has 0 aromatic heterocycles. The van der Waals surface area contributed by atoms with Crippen LogP contribution < -0.4 is 4.74 Å². The molecule has 96 valence electrons. The first-order valence-corrected chi connectivity index (χ1v) is 6.61. The first-order chi connectivity index (χ1) is 7.83. The van der Waals surface area contributed by atoms with Crippen molar-refractivity contribution in [3.8, 4) is 5.75 Å². The second-order valence-corrected chi connectivity index (χ2v) is 6.19. The summed E-state index contributed by atoms with van der Waals surface area (Å²) < 4.78 is 6.58. The summed E-state index contributed by atoms with van der Waals surface area (Å²) in [5.74, 6) is 1.28. The normalized spacial score (nSPS) is 12.0. The lowest BCUT2D eigenvalue weighted by atomic mass is 9.82. The maximum absolute atomic E-state index is 9.52. The highest BCUT2D eigenvalue weighted by atomic mass is 79.9. The van der Waals surface area contributed by atoms with Crippen LogP contribution in [0.1, 0.15) is 44.7 Å². The first-order valence-electron chi connectivity index (χ1n) is 5.82. The van der Waals surface area contributed by atoms with E-state index < -0.39 is 0 Å². The second kappa shape index (κ2) is 5.40. The van der Waals surface area contributed by atoms with Crippen molar-refractivity contribution in [3.05, 3.63) is 27.7 Å². The highest BCUT2D eigenvalue weighted by Gasteiger charge is 2.26. The number of ether oxygens (including phenoxy) is 1. The molecule has 0 radical (unpaired) electrons. The summed E-state index contributed by atoms with van der Waals surface area (Å²) in [6.45, 7) is 8.40. The van der Waals surface area contributed by atoms with Crippen molar-refractivity contribution in [2.24, 2.45) is 0 Å². The molecule has 0 heterocycles. The predicted octanol–water partition coefficient (Wildman–Crippen LogP) is 3.85. The summed E-state index contributed by atoms with van der Waals surface area (Å²) >= 11 is 3.53. The summed E-state index contributed by atoms with van der Waals surface area (Å²) in [4.78, 5) is 0. The van der Waals surface area contributed by atoms with Gasteiger partial charge < -0.3 is 9.84 Å². The molecule has 0 bridgehead atoms. The molecule has 1 rings (SSSR count). The highest BCUT2D eigenvalue weighted by Crippen LogP contribution is 2.39. The minimum atomic E-state index is -0.307. The molecular weight excluding hydrogens is 280 g/mol. The Morgan fingerprint density at radius 3 is 2.35 bits per heavy atom. The smallest absolute Gasteiger partial charge is 0.126 e. The van der Waals surface area contributed by atoms with E-state index in [0.29, 0.717) is 5.92 Å².